The van der Waals surface area contributed by atoms with Gasteiger partial charge < -0.3 is 15.2 Å². The zero-order valence-electron chi connectivity index (χ0n) is 14.3. The van der Waals surface area contributed by atoms with Crippen LogP contribution in [0.25, 0.3) is 0 Å². The van der Waals surface area contributed by atoms with Crippen molar-refractivity contribution in [2.75, 3.05) is 18.4 Å². The molecule has 2 aromatic heterocycles. The lowest BCUT2D eigenvalue weighted by molar-refractivity contribution is 0.188. The van der Waals surface area contributed by atoms with Crippen LogP contribution in [0.1, 0.15) is 18.5 Å². The van der Waals surface area contributed by atoms with Crippen LogP contribution in [0.3, 0.4) is 0 Å². The van der Waals surface area contributed by atoms with E-state index in [9.17, 15) is 9.59 Å². The normalized spacial score (nSPS) is 15.7. The Bertz CT molecular complexity index is 767. The minimum atomic E-state index is -0.234. The summed E-state index contributed by atoms with van der Waals surface area (Å²) in [6.45, 7) is 2.71. The molecule has 132 valence electrons. The number of rotatable bonds is 4. The van der Waals surface area contributed by atoms with E-state index in [1.807, 2.05) is 24.4 Å². The van der Waals surface area contributed by atoms with Crippen LogP contribution in [-0.4, -0.2) is 39.6 Å². The van der Waals surface area contributed by atoms with Gasteiger partial charge in [-0.2, -0.15) is 0 Å². The van der Waals surface area contributed by atoms with Crippen LogP contribution < -0.4 is 16.2 Å². The van der Waals surface area contributed by atoms with Crippen molar-refractivity contribution >= 4 is 11.7 Å². The summed E-state index contributed by atoms with van der Waals surface area (Å²) in [5, 5.41) is 5.78. The second-order valence-electron chi connectivity index (χ2n) is 6.34. The number of pyridine rings is 2. The highest BCUT2D eigenvalue weighted by molar-refractivity contribution is 5.89. The highest BCUT2D eigenvalue weighted by atomic mass is 16.2. The number of piperidine rings is 1. The van der Waals surface area contributed by atoms with Gasteiger partial charge in [0.05, 0.1) is 11.4 Å². The van der Waals surface area contributed by atoms with Gasteiger partial charge in [-0.05, 0) is 31.0 Å². The molecule has 0 aliphatic carbocycles. The van der Waals surface area contributed by atoms with E-state index in [2.05, 4.69) is 20.5 Å². The number of carbonyl (C=O) groups is 1. The lowest BCUT2D eigenvalue weighted by atomic mass is 10.1. The molecule has 2 amide bonds. The Hall–Kier alpha value is -2.67. The molecule has 7 heteroatoms. The van der Waals surface area contributed by atoms with Crippen LogP contribution in [-0.2, 0) is 13.6 Å². The van der Waals surface area contributed by atoms with Crippen molar-refractivity contribution in [1.29, 1.82) is 0 Å². The van der Waals surface area contributed by atoms with E-state index >= 15 is 0 Å². The number of likely N-dealkylation sites (tertiary alicyclic amines) is 1. The topological polar surface area (TPSA) is 79.3 Å². The number of aryl methyl sites for hydroxylation is 1. The van der Waals surface area contributed by atoms with Gasteiger partial charge in [-0.1, -0.05) is 6.07 Å². The number of nitrogens with one attached hydrogen (secondary N) is 2. The molecule has 0 spiro atoms. The van der Waals surface area contributed by atoms with Gasteiger partial charge in [0, 0.05) is 51.2 Å². The molecule has 0 atom stereocenters. The Balaban J connectivity index is 1.44. The first kappa shape index (κ1) is 17.2. The monoisotopic (exact) mass is 341 g/mol. The van der Waals surface area contributed by atoms with Gasteiger partial charge in [0.1, 0.15) is 0 Å². The zero-order valence-corrected chi connectivity index (χ0v) is 14.3. The van der Waals surface area contributed by atoms with Crippen molar-refractivity contribution in [3.8, 4) is 0 Å². The van der Waals surface area contributed by atoms with Crippen LogP contribution in [0.5, 0.6) is 0 Å². The molecule has 1 aliphatic rings. The Morgan fingerprint density at radius 2 is 2.04 bits per heavy atom. The third-order valence-electron chi connectivity index (χ3n) is 4.38. The van der Waals surface area contributed by atoms with Crippen molar-refractivity contribution < 1.29 is 4.79 Å². The number of anilines is 1. The van der Waals surface area contributed by atoms with E-state index in [0.29, 0.717) is 5.69 Å². The Morgan fingerprint density at radius 3 is 2.72 bits per heavy atom. The molecule has 0 aromatic carbocycles. The van der Waals surface area contributed by atoms with Crippen molar-refractivity contribution in [2.45, 2.75) is 25.4 Å². The van der Waals surface area contributed by atoms with Crippen molar-refractivity contribution in [3.05, 3.63) is 58.8 Å². The van der Waals surface area contributed by atoms with Crippen LogP contribution in [0.4, 0.5) is 10.5 Å². The predicted molar refractivity (Wildman–Crippen MR) is 96.4 cm³/mol. The Kier molecular flexibility index (Phi) is 5.45. The van der Waals surface area contributed by atoms with Gasteiger partial charge in [0.2, 0.25) is 5.56 Å². The van der Waals surface area contributed by atoms with E-state index in [-0.39, 0.29) is 17.6 Å². The number of nitrogens with zero attached hydrogens (tertiary/aromatic N) is 3. The summed E-state index contributed by atoms with van der Waals surface area (Å²) in [5.74, 6) is 0. The average Bonchev–Trinajstić information content (AvgIpc) is 2.61. The molecule has 1 saturated heterocycles. The molecule has 3 rings (SSSR count). The SMILES string of the molecule is Cn1cc(NC(=O)NC2CCN(Cc3ccccn3)CC2)ccc1=O. The lowest BCUT2D eigenvalue weighted by Crippen LogP contribution is -2.45. The molecule has 7 nitrogen and oxygen atoms in total. The molecule has 0 unspecified atom stereocenters. The van der Waals surface area contributed by atoms with Gasteiger partial charge in [0.15, 0.2) is 0 Å². The van der Waals surface area contributed by atoms with Gasteiger partial charge in [-0.25, -0.2) is 4.79 Å². The fraction of sp³-hybridized carbons (Fsp3) is 0.389. The maximum atomic E-state index is 12.1. The van der Waals surface area contributed by atoms with Crippen molar-refractivity contribution in [1.82, 2.24) is 19.8 Å². The molecular formula is C18H23N5O2. The van der Waals surface area contributed by atoms with Gasteiger partial charge in [-0.3, -0.25) is 14.7 Å². The smallest absolute Gasteiger partial charge is 0.319 e. The van der Waals surface area contributed by atoms with Crippen molar-refractivity contribution in [2.24, 2.45) is 7.05 Å². The summed E-state index contributed by atoms with van der Waals surface area (Å²) >= 11 is 0. The van der Waals surface area contributed by atoms with E-state index in [0.717, 1.165) is 38.2 Å². The Morgan fingerprint density at radius 1 is 1.24 bits per heavy atom. The minimum Gasteiger partial charge on any atom is -0.335 e. The van der Waals surface area contributed by atoms with Crippen LogP contribution in [0.15, 0.2) is 47.5 Å². The third kappa shape index (κ3) is 4.90. The summed E-state index contributed by atoms with van der Waals surface area (Å²) in [6.07, 6.45) is 5.24. The molecule has 0 saturated carbocycles. The summed E-state index contributed by atoms with van der Waals surface area (Å²) in [6, 6.07) is 8.92. The number of aromatic nitrogens is 2. The quantitative estimate of drug-likeness (QED) is 0.885. The molecular weight excluding hydrogens is 318 g/mol. The number of carbonyl (C=O) groups excluding carboxylic acids is 1. The summed E-state index contributed by atoms with van der Waals surface area (Å²) in [4.78, 5) is 30.2. The number of hydrogen-bond acceptors (Lipinski definition) is 4. The summed E-state index contributed by atoms with van der Waals surface area (Å²) < 4.78 is 1.44. The lowest BCUT2D eigenvalue weighted by Gasteiger charge is -2.32. The van der Waals surface area contributed by atoms with Gasteiger partial charge in [0.25, 0.3) is 0 Å². The summed E-state index contributed by atoms with van der Waals surface area (Å²) in [7, 11) is 1.66. The van der Waals surface area contributed by atoms with Gasteiger partial charge >= 0.3 is 6.03 Å². The molecule has 3 heterocycles. The third-order valence-corrected chi connectivity index (χ3v) is 4.38. The van der Waals surface area contributed by atoms with Crippen LogP contribution >= 0.6 is 0 Å². The van der Waals surface area contributed by atoms with Crippen molar-refractivity contribution in [3.63, 3.8) is 0 Å². The largest absolute Gasteiger partial charge is 0.335 e. The number of urea groups is 1. The highest BCUT2D eigenvalue weighted by Crippen LogP contribution is 2.13. The second-order valence-corrected chi connectivity index (χ2v) is 6.34. The predicted octanol–water partition coefficient (Wildman–Crippen LogP) is 1.57. The van der Waals surface area contributed by atoms with Crippen LogP contribution in [0.2, 0.25) is 0 Å². The Labute approximate surface area is 146 Å². The van der Waals surface area contributed by atoms with E-state index in [4.69, 9.17) is 0 Å². The van der Waals surface area contributed by atoms with Gasteiger partial charge in [-0.15, -0.1) is 0 Å². The average molecular weight is 341 g/mol. The van der Waals surface area contributed by atoms with Crippen LogP contribution in [0, 0.1) is 0 Å². The van der Waals surface area contributed by atoms with E-state index in [1.54, 1.807) is 19.3 Å². The summed E-state index contributed by atoms with van der Waals surface area (Å²) in [5.41, 5.74) is 1.57. The zero-order chi connectivity index (χ0) is 17.6. The maximum absolute atomic E-state index is 12.1. The minimum absolute atomic E-state index is 0.105. The van der Waals surface area contributed by atoms with E-state index in [1.165, 1.54) is 10.6 Å². The molecule has 2 N–H and O–H groups in total. The molecule has 0 radical (unpaired) electrons. The fourth-order valence-electron chi connectivity index (χ4n) is 2.98. The molecule has 0 bridgehead atoms. The highest BCUT2D eigenvalue weighted by Gasteiger charge is 2.21. The van der Waals surface area contributed by atoms with E-state index < -0.39 is 0 Å². The molecule has 1 aliphatic heterocycles. The fourth-order valence-corrected chi connectivity index (χ4v) is 2.98. The molecule has 2 aromatic rings. The number of hydrogen-bond donors (Lipinski definition) is 2. The number of amides is 2. The molecule has 25 heavy (non-hydrogen) atoms. The first-order valence-corrected chi connectivity index (χ1v) is 8.46. The maximum Gasteiger partial charge on any atom is 0.319 e. The molecule has 1 fully saturated rings. The first-order valence-electron chi connectivity index (χ1n) is 8.46. The first-order chi connectivity index (χ1) is 12.1. The standard InChI is InChI=1S/C18H23N5O2/c1-22-12-16(5-6-17(22)24)21-18(25)20-14-7-10-23(11-8-14)13-15-4-2-3-9-19-15/h2-6,9,12,14H,7-8,10-11,13H2,1H3,(H2,20,21,25). The second kappa shape index (κ2) is 7.94.